The van der Waals surface area contributed by atoms with E-state index in [1.54, 1.807) is 0 Å². The van der Waals surface area contributed by atoms with Gasteiger partial charge in [0.15, 0.2) is 0 Å². The van der Waals surface area contributed by atoms with Gasteiger partial charge in [-0.25, -0.2) is 0 Å². The van der Waals surface area contributed by atoms with Crippen molar-refractivity contribution >= 4 is 0 Å². The Morgan fingerprint density at radius 3 is 2.36 bits per heavy atom. The SMILES string of the molecule is C[C@H](CCC(C)(C)O)[C@H]1CCC2C3CC[C@@H]4C[C@@](C)(O)CCC4C3CC[C@@]21C. The molecular formula is C26H46O2. The summed E-state index contributed by atoms with van der Waals surface area (Å²) < 4.78 is 0. The van der Waals surface area contributed by atoms with E-state index in [1.165, 1.54) is 51.4 Å². The van der Waals surface area contributed by atoms with Gasteiger partial charge in [-0.05, 0) is 138 Å². The summed E-state index contributed by atoms with van der Waals surface area (Å²) in [5.41, 5.74) is -0.385. The Hall–Kier alpha value is -0.0800. The van der Waals surface area contributed by atoms with Gasteiger partial charge in [0.1, 0.15) is 0 Å². The van der Waals surface area contributed by atoms with Gasteiger partial charge in [-0.1, -0.05) is 13.8 Å². The smallest absolute Gasteiger partial charge is 0.0622 e. The monoisotopic (exact) mass is 390 g/mol. The first-order chi connectivity index (χ1) is 13.0. The maximum Gasteiger partial charge on any atom is 0.0622 e. The third-order valence-electron chi connectivity index (χ3n) is 10.2. The molecule has 0 aromatic heterocycles. The van der Waals surface area contributed by atoms with Crippen LogP contribution in [-0.2, 0) is 0 Å². The van der Waals surface area contributed by atoms with Gasteiger partial charge in [0, 0.05) is 0 Å². The van der Waals surface area contributed by atoms with E-state index in [0.29, 0.717) is 5.41 Å². The van der Waals surface area contributed by atoms with E-state index in [-0.39, 0.29) is 0 Å². The van der Waals surface area contributed by atoms with Gasteiger partial charge in [0.2, 0.25) is 0 Å². The Kier molecular flexibility index (Phi) is 5.49. The van der Waals surface area contributed by atoms with Gasteiger partial charge in [-0.15, -0.1) is 0 Å². The lowest BCUT2D eigenvalue weighted by Crippen LogP contribution is -2.50. The van der Waals surface area contributed by atoms with Gasteiger partial charge < -0.3 is 10.2 Å². The molecule has 0 aliphatic heterocycles. The third-order valence-corrected chi connectivity index (χ3v) is 10.2. The average molecular weight is 391 g/mol. The zero-order valence-corrected chi connectivity index (χ0v) is 19.2. The summed E-state index contributed by atoms with van der Waals surface area (Å²) in [6.45, 7) is 11.1. The molecule has 9 atom stereocenters. The first-order valence-electron chi connectivity index (χ1n) is 12.4. The van der Waals surface area contributed by atoms with Crippen molar-refractivity contribution in [2.45, 2.75) is 116 Å². The Bertz CT molecular complexity index is 561. The Morgan fingerprint density at radius 2 is 1.64 bits per heavy atom. The molecule has 4 rings (SSSR count). The standard InChI is InChI=1S/C26H46O2/c1-17(10-13-24(2,3)27)22-8-9-23-21-7-6-18-16-25(4,28)14-11-19(18)20(21)12-15-26(22,23)5/h17-23,27-28H,6-16H2,1-5H3/t17-,18-,19?,20?,21?,22-,23?,25+,26-/m1/s1. The Labute approximate surface area is 173 Å². The molecule has 0 aromatic carbocycles. The lowest BCUT2D eigenvalue weighted by molar-refractivity contribution is -0.103. The van der Waals surface area contributed by atoms with Crippen LogP contribution >= 0.6 is 0 Å². The molecule has 0 amide bonds. The highest BCUT2D eigenvalue weighted by molar-refractivity contribution is 5.07. The number of rotatable bonds is 4. The van der Waals surface area contributed by atoms with Crippen LogP contribution in [0.2, 0.25) is 0 Å². The van der Waals surface area contributed by atoms with Crippen LogP contribution in [0, 0.1) is 46.8 Å². The van der Waals surface area contributed by atoms with Crippen LogP contribution in [0.5, 0.6) is 0 Å². The molecule has 2 nitrogen and oxygen atoms in total. The summed E-state index contributed by atoms with van der Waals surface area (Å²) in [6, 6.07) is 0. The van der Waals surface area contributed by atoms with Gasteiger partial charge in [0.25, 0.3) is 0 Å². The molecule has 4 fully saturated rings. The molecule has 0 aromatic rings. The van der Waals surface area contributed by atoms with Gasteiger partial charge in [-0.3, -0.25) is 0 Å². The first-order valence-corrected chi connectivity index (χ1v) is 12.4. The van der Waals surface area contributed by atoms with Crippen molar-refractivity contribution in [1.82, 2.24) is 0 Å². The van der Waals surface area contributed by atoms with E-state index in [0.717, 1.165) is 60.7 Å². The van der Waals surface area contributed by atoms with Crippen LogP contribution in [0.1, 0.15) is 105 Å². The number of hydrogen-bond acceptors (Lipinski definition) is 2. The van der Waals surface area contributed by atoms with Crippen molar-refractivity contribution in [2.24, 2.45) is 46.8 Å². The molecule has 4 unspecified atom stereocenters. The molecule has 4 saturated carbocycles. The van der Waals surface area contributed by atoms with Gasteiger partial charge >= 0.3 is 0 Å². The number of hydrogen-bond donors (Lipinski definition) is 2. The minimum Gasteiger partial charge on any atom is -0.390 e. The number of fused-ring (bicyclic) bond motifs is 5. The summed E-state index contributed by atoms with van der Waals surface area (Å²) in [7, 11) is 0. The van der Waals surface area contributed by atoms with E-state index in [4.69, 9.17) is 0 Å². The normalized spacial score (nSPS) is 49.8. The predicted molar refractivity (Wildman–Crippen MR) is 116 cm³/mol. The summed E-state index contributed by atoms with van der Waals surface area (Å²) in [4.78, 5) is 0. The predicted octanol–water partition coefficient (Wildman–Crippen LogP) is 6.19. The Morgan fingerprint density at radius 1 is 0.929 bits per heavy atom. The Balaban J connectivity index is 1.45. The maximum absolute atomic E-state index is 10.6. The highest BCUT2D eigenvalue weighted by Gasteiger charge is 2.58. The van der Waals surface area contributed by atoms with E-state index in [2.05, 4.69) is 20.8 Å². The van der Waals surface area contributed by atoms with Crippen molar-refractivity contribution in [3.63, 3.8) is 0 Å². The van der Waals surface area contributed by atoms with Crippen molar-refractivity contribution in [3.8, 4) is 0 Å². The molecule has 4 aliphatic carbocycles. The maximum atomic E-state index is 10.6. The second-order valence-corrected chi connectivity index (χ2v) is 12.7. The third kappa shape index (κ3) is 3.82. The van der Waals surface area contributed by atoms with E-state index >= 15 is 0 Å². The fraction of sp³-hybridized carbons (Fsp3) is 1.00. The summed E-state index contributed by atoms with van der Waals surface area (Å²) in [5, 5.41) is 20.8. The molecule has 0 spiro atoms. The van der Waals surface area contributed by atoms with Crippen molar-refractivity contribution < 1.29 is 10.2 Å². The molecule has 28 heavy (non-hydrogen) atoms. The summed E-state index contributed by atoms with van der Waals surface area (Å²) >= 11 is 0. The molecule has 0 radical (unpaired) electrons. The molecule has 0 bridgehead atoms. The molecule has 4 aliphatic rings. The fourth-order valence-electron chi connectivity index (χ4n) is 8.84. The van der Waals surface area contributed by atoms with E-state index in [1.807, 2.05) is 13.8 Å². The highest BCUT2D eigenvalue weighted by atomic mass is 16.3. The van der Waals surface area contributed by atoms with E-state index in [9.17, 15) is 10.2 Å². The van der Waals surface area contributed by atoms with Crippen molar-refractivity contribution in [3.05, 3.63) is 0 Å². The summed E-state index contributed by atoms with van der Waals surface area (Å²) in [5.74, 6) is 6.11. The molecule has 0 heterocycles. The molecule has 2 N–H and O–H groups in total. The molecule has 0 saturated heterocycles. The fourth-order valence-corrected chi connectivity index (χ4v) is 8.84. The molecular weight excluding hydrogens is 344 g/mol. The van der Waals surface area contributed by atoms with Crippen LogP contribution in [0.3, 0.4) is 0 Å². The van der Waals surface area contributed by atoms with Crippen molar-refractivity contribution in [2.75, 3.05) is 0 Å². The lowest BCUT2D eigenvalue weighted by atomic mass is 9.48. The second-order valence-electron chi connectivity index (χ2n) is 12.7. The van der Waals surface area contributed by atoms with Crippen LogP contribution in [-0.4, -0.2) is 21.4 Å². The molecule has 162 valence electrons. The zero-order valence-electron chi connectivity index (χ0n) is 19.2. The summed E-state index contributed by atoms with van der Waals surface area (Å²) in [6.07, 6.45) is 14.0. The van der Waals surface area contributed by atoms with Gasteiger partial charge in [0.05, 0.1) is 11.2 Å². The number of aliphatic hydroxyl groups is 2. The zero-order chi connectivity index (χ0) is 20.3. The van der Waals surface area contributed by atoms with Crippen molar-refractivity contribution in [1.29, 1.82) is 0 Å². The lowest BCUT2D eigenvalue weighted by Gasteiger charge is -2.57. The second kappa shape index (κ2) is 7.26. The van der Waals surface area contributed by atoms with Gasteiger partial charge in [-0.2, -0.15) is 0 Å². The molecule has 2 heteroatoms. The quantitative estimate of drug-likeness (QED) is 0.600. The minimum absolute atomic E-state index is 0.397. The van der Waals surface area contributed by atoms with Crippen LogP contribution in [0.25, 0.3) is 0 Å². The van der Waals surface area contributed by atoms with Crippen LogP contribution in [0.15, 0.2) is 0 Å². The van der Waals surface area contributed by atoms with Crippen LogP contribution in [0.4, 0.5) is 0 Å². The minimum atomic E-state index is -0.522. The van der Waals surface area contributed by atoms with E-state index < -0.39 is 11.2 Å². The highest BCUT2D eigenvalue weighted by Crippen LogP contribution is 2.65. The largest absolute Gasteiger partial charge is 0.390 e. The average Bonchev–Trinajstić information content (AvgIpc) is 2.95. The van der Waals surface area contributed by atoms with Crippen LogP contribution < -0.4 is 0 Å². The topological polar surface area (TPSA) is 40.5 Å². The first kappa shape index (κ1) is 21.2.